The maximum absolute atomic E-state index is 11.7. The molecular formula is C11H18N2O2. The van der Waals surface area contributed by atoms with Crippen molar-refractivity contribution in [2.75, 3.05) is 7.05 Å². The van der Waals surface area contributed by atoms with Gasteiger partial charge < -0.3 is 14.6 Å². The molecule has 0 unspecified atom stereocenters. The Bertz CT molecular complexity index is 331. The predicted octanol–water partition coefficient (Wildman–Crippen LogP) is 0.847. The lowest BCUT2D eigenvalue weighted by molar-refractivity contribution is -0.131. The van der Waals surface area contributed by atoms with E-state index in [1.165, 1.54) is 0 Å². The van der Waals surface area contributed by atoms with Crippen LogP contribution < -0.4 is 0 Å². The lowest BCUT2D eigenvalue weighted by Crippen LogP contribution is -2.35. The average molecular weight is 210 g/mol. The number of aliphatic hydroxyl groups is 1. The molecule has 1 rings (SSSR count). The number of rotatable bonds is 4. The molecule has 4 nitrogen and oxygen atoms in total. The third-order valence-electron chi connectivity index (χ3n) is 2.48. The van der Waals surface area contributed by atoms with E-state index in [0.717, 1.165) is 5.56 Å². The van der Waals surface area contributed by atoms with Gasteiger partial charge in [0.1, 0.15) is 6.54 Å². The van der Waals surface area contributed by atoms with Gasteiger partial charge in [-0.15, -0.1) is 0 Å². The van der Waals surface area contributed by atoms with E-state index >= 15 is 0 Å². The van der Waals surface area contributed by atoms with Gasteiger partial charge in [-0.1, -0.05) is 0 Å². The molecule has 1 aromatic heterocycles. The standard InChI is InChI=1S/C11H18N2O2/c1-9(2)12(3)11(15)7-13-5-4-10(6-13)8-14/h4-6,9,14H,7-8H2,1-3H3. The van der Waals surface area contributed by atoms with Gasteiger partial charge in [0, 0.05) is 25.5 Å². The Labute approximate surface area is 90.1 Å². The summed E-state index contributed by atoms with van der Waals surface area (Å²) in [5, 5.41) is 8.87. The molecule has 4 heteroatoms. The molecule has 1 aromatic rings. The highest BCUT2D eigenvalue weighted by Gasteiger charge is 2.11. The van der Waals surface area contributed by atoms with E-state index in [1.54, 1.807) is 28.9 Å². The van der Waals surface area contributed by atoms with Crippen molar-refractivity contribution in [1.29, 1.82) is 0 Å². The van der Waals surface area contributed by atoms with Gasteiger partial charge in [-0.25, -0.2) is 0 Å². The van der Waals surface area contributed by atoms with E-state index in [1.807, 2.05) is 19.9 Å². The second kappa shape index (κ2) is 4.98. The molecule has 0 aliphatic heterocycles. The van der Waals surface area contributed by atoms with E-state index in [4.69, 9.17) is 5.11 Å². The number of likely N-dealkylation sites (N-methyl/N-ethyl adjacent to an activating group) is 1. The summed E-state index contributed by atoms with van der Waals surface area (Å²) in [4.78, 5) is 13.4. The Hall–Kier alpha value is -1.29. The maximum Gasteiger partial charge on any atom is 0.242 e. The first-order valence-electron chi connectivity index (χ1n) is 5.05. The minimum Gasteiger partial charge on any atom is -0.392 e. The second-order valence-corrected chi connectivity index (χ2v) is 3.95. The van der Waals surface area contributed by atoms with E-state index in [9.17, 15) is 4.79 Å². The molecular weight excluding hydrogens is 192 g/mol. The number of aliphatic hydroxyl groups excluding tert-OH is 1. The molecule has 0 aliphatic rings. The van der Waals surface area contributed by atoms with Crippen LogP contribution in [0, 0.1) is 0 Å². The van der Waals surface area contributed by atoms with Crippen molar-refractivity contribution < 1.29 is 9.90 Å². The van der Waals surface area contributed by atoms with Crippen molar-refractivity contribution in [3.05, 3.63) is 24.0 Å². The van der Waals surface area contributed by atoms with Crippen molar-refractivity contribution in [2.24, 2.45) is 0 Å². The summed E-state index contributed by atoms with van der Waals surface area (Å²) in [6, 6.07) is 2.02. The SMILES string of the molecule is CC(C)N(C)C(=O)Cn1ccc(CO)c1. The lowest BCUT2D eigenvalue weighted by Gasteiger charge is -2.21. The van der Waals surface area contributed by atoms with Crippen molar-refractivity contribution >= 4 is 5.91 Å². The zero-order chi connectivity index (χ0) is 11.4. The van der Waals surface area contributed by atoms with Crippen LogP contribution in [0.1, 0.15) is 19.4 Å². The summed E-state index contributed by atoms with van der Waals surface area (Å²) < 4.78 is 1.78. The maximum atomic E-state index is 11.7. The Morgan fingerprint density at radius 3 is 2.73 bits per heavy atom. The molecule has 0 saturated heterocycles. The van der Waals surface area contributed by atoms with Crippen LogP contribution >= 0.6 is 0 Å². The molecule has 0 fully saturated rings. The number of carbonyl (C=O) groups excluding carboxylic acids is 1. The quantitative estimate of drug-likeness (QED) is 0.800. The molecule has 0 radical (unpaired) electrons. The van der Waals surface area contributed by atoms with Gasteiger partial charge in [0.25, 0.3) is 0 Å². The van der Waals surface area contributed by atoms with Crippen molar-refractivity contribution in [1.82, 2.24) is 9.47 Å². The van der Waals surface area contributed by atoms with E-state index in [2.05, 4.69) is 0 Å². The van der Waals surface area contributed by atoms with Crippen LogP contribution in [0.2, 0.25) is 0 Å². The molecule has 0 aromatic carbocycles. The smallest absolute Gasteiger partial charge is 0.242 e. The number of aromatic nitrogens is 1. The molecule has 1 heterocycles. The monoisotopic (exact) mass is 210 g/mol. The fraction of sp³-hybridized carbons (Fsp3) is 0.545. The summed E-state index contributed by atoms with van der Waals surface area (Å²) in [5.74, 6) is 0.0742. The summed E-state index contributed by atoms with van der Waals surface area (Å²) in [5.41, 5.74) is 0.829. The summed E-state index contributed by atoms with van der Waals surface area (Å²) in [6.45, 7) is 4.30. The van der Waals surface area contributed by atoms with E-state index in [-0.39, 0.29) is 18.6 Å². The Balaban J connectivity index is 2.58. The van der Waals surface area contributed by atoms with Crippen molar-refractivity contribution in [2.45, 2.75) is 33.0 Å². The second-order valence-electron chi connectivity index (χ2n) is 3.95. The van der Waals surface area contributed by atoms with Crippen LogP contribution in [0.25, 0.3) is 0 Å². The average Bonchev–Trinajstić information content (AvgIpc) is 2.64. The van der Waals surface area contributed by atoms with Crippen LogP contribution in [0.15, 0.2) is 18.5 Å². The molecule has 84 valence electrons. The highest BCUT2D eigenvalue weighted by molar-refractivity contribution is 5.76. The molecule has 0 atom stereocenters. The molecule has 0 saturated carbocycles. The predicted molar refractivity (Wildman–Crippen MR) is 58.3 cm³/mol. The first-order valence-corrected chi connectivity index (χ1v) is 5.05. The fourth-order valence-corrected chi connectivity index (χ4v) is 1.24. The topological polar surface area (TPSA) is 45.5 Å². The Morgan fingerprint density at radius 2 is 2.27 bits per heavy atom. The zero-order valence-electron chi connectivity index (χ0n) is 9.47. The number of nitrogens with zero attached hydrogens (tertiary/aromatic N) is 2. The number of hydrogen-bond donors (Lipinski definition) is 1. The van der Waals surface area contributed by atoms with Crippen LogP contribution in [0.4, 0.5) is 0 Å². The number of amides is 1. The lowest BCUT2D eigenvalue weighted by atomic mass is 10.3. The normalized spacial score (nSPS) is 10.7. The molecule has 1 N–H and O–H groups in total. The first kappa shape index (κ1) is 11.8. The van der Waals surface area contributed by atoms with Crippen LogP contribution in [-0.4, -0.2) is 33.6 Å². The molecule has 0 spiro atoms. The number of hydrogen-bond acceptors (Lipinski definition) is 2. The molecule has 0 bridgehead atoms. The minimum atomic E-state index is 0.0151. The fourth-order valence-electron chi connectivity index (χ4n) is 1.24. The van der Waals surface area contributed by atoms with Gasteiger partial charge in [0.2, 0.25) is 5.91 Å². The van der Waals surface area contributed by atoms with Crippen molar-refractivity contribution in [3.63, 3.8) is 0 Å². The van der Waals surface area contributed by atoms with Crippen LogP contribution in [0.3, 0.4) is 0 Å². The number of carbonyl (C=O) groups is 1. The van der Waals surface area contributed by atoms with Gasteiger partial charge in [-0.05, 0) is 25.5 Å². The van der Waals surface area contributed by atoms with Gasteiger partial charge in [0.05, 0.1) is 6.61 Å². The third kappa shape index (κ3) is 3.09. The first-order chi connectivity index (χ1) is 7.04. The molecule has 1 amide bonds. The summed E-state index contributed by atoms with van der Waals surface area (Å²) in [6.07, 6.45) is 3.59. The highest BCUT2D eigenvalue weighted by atomic mass is 16.3. The highest BCUT2D eigenvalue weighted by Crippen LogP contribution is 2.03. The van der Waals surface area contributed by atoms with E-state index < -0.39 is 0 Å². The van der Waals surface area contributed by atoms with Crippen molar-refractivity contribution in [3.8, 4) is 0 Å². The summed E-state index contributed by atoms with van der Waals surface area (Å²) >= 11 is 0. The van der Waals surface area contributed by atoms with Crippen LogP contribution in [0.5, 0.6) is 0 Å². The largest absolute Gasteiger partial charge is 0.392 e. The van der Waals surface area contributed by atoms with Gasteiger partial charge in [0.15, 0.2) is 0 Å². The van der Waals surface area contributed by atoms with Gasteiger partial charge in [-0.3, -0.25) is 4.79 Å². The molecule has 15 heavy (non-hydrogen) atoms. The minimum absolute atomic E-state index is 0.0151. The van der Waals surface area contributed by atoms with E-state index in [0.29, 0.717) is 6.54 Å². The van der Waals surface area contributed by atoms with Crippen LogP contribution in [-0.2, 0) is 17.9 Å². The third-order valence-corrected chi connectivity index (χ3v) is 2.48. The summed E-state index contributed by atoms with van der Waals surface area (Å²) in [7, 11) is 1.80. The Kier molecular flexibility index (Phi) is 3.91. The Morgan fingerprint density at radius 1 is 1.60 bits per heavy atom. The zero-order valence-corrected chi connectivity index (χ0v) is 9.47. The molecule has 0 aliphatic carbocycles. The van der Waals surface area contributed by atoms with Gasteiger partial charge in [-0.2, -0.15) is 0 Å². The van der Waals surface area contributed by atoms with Gasteiger partial charge >= 0.3 is 0 Å².